The van der Waals surface area contributed by atoms with Crippen LogP contribution in [0.25, 0.3) is 0 Å². The molecule has 0 spiro atoms. The number of nitrogens with two attached hydrogens (primary N) is 3. The number of aliphatic hydroxyl groups is 4. The number of hydrogen-bond donors (Lipinski definition) is 8. The van der Waals surface area contributed by atoms with Gasteiger partial charge in [0.05, 0.1) is 24.8 Å². The Morgan fingerprint density at radius 1 is 1.00 bits per heavy atom. The van der Waals surface area contributed by atoms with E-state index in [0.717, 1.165) is 0 Å². The summed E-state index contributed by atoms with van der Waals surface area (Å²) >= 11 is 0. The van der Waals surface area contributed by atoms with Crippen molar-refractivity contribution in [3.63, 3.8) is 0 Å². The molecule has 0 aromatic heterocycles. The fourth-order valence-corrected chi connectivity index (χ4v) is 4.44. The number of carbonyl (C=O) groups excluding carboxylic acids is 1. The molecule has 12 atom stereocenters. The maximum atomic E-state index is 11.6. The van der Waals surface area contributed by atoms with Crippen LogP contribution < -0.4 is 22.5 Å². The SMILES string of the molecule is CC(=O)N[C@@H]1C[C@H](N)[C@@H](O[C@H]2O[C@H](CN)CC[C@H]2N)[C@H](O[C@@H]2O[C@H](CO)[C@@H](O)[C@H]2O)[C@H]1O. The second-order valence-electron chi connectivity index (χ2n) is 8.71. The summed E-state index contributed by atoms with van der Waals surface area (Å²) in [7, 11) is 0. The van der Waals surface area contributed by atoms with E-state index in [-0.39, 0.29) is 18.4 Å². The van der Waals surface area contributed by atoms with Crippen molar-refractivity contribution < 1.29 is 44.2 Å². The van der Waals surface area contributed by atoms with Gasteiger partial charge in [0.25, 0.3) is 0 Å². The summed E-state index contributed by atoms with van der Waals surface area (Å²) in [5, 5.41) is 43.2. The average molecular weight is 465 g/mol. The molecule has 0 unspecified atom stereocenters. The Morgan fingerprint density at radius 2 is 1.69 bits per heavy atom. The second-order valence-corrected chi connectivity index (χ2v) is 8.71. The lowest BCUT2D eigenvalue weighted by molar-refractivity contribution is -0.288. The minimum Gasteiger partial charge on any atom is -0.394 e. The molecule has 3 aliphatic rings. The van der Waals surface area contributed by atoms with Crippen LogP contribution in [-0.2, 0) is 23.7 Å². The molecular formula is C19H36N4O9. The van der Waals surface area contributed by atoms with Crippen LogP contribution in [0.15, 0.2) is 0 Å². The topological polar surface area (TPSA) is 225 Å². The highest BCUT2D eigenvalue weighted by atomic mass is 16.7. The van der Waals surface area contributed by atoms with Gasteiger partial charge in [0, 0.05) is 19.5 Å². The van der Waals surface area contributed by atoms with Gasteiger partial charge in [-0.3, -0.25) is 4.79 Å². The standard InChI is InChI=1S/C19H36N4O9/c1-7(25)23-11-4-10(22)16(31-18-9(21)3-2-8(5-20)29-18)17(13(11)26)32-19-15(28)14(27)12(6-24)30-19/h8-19,24,26-28H,2-6,20-22H2,1H3,(H,23,25)/t8-,9+,10-,11+,12+,13-,14+,15+,16+,17+,18+,19-/m0/s1. The average Bonchev–Trinajstić information content (AvgIpc) is 3.02. The molecule has 0 radical (unpaired) electrons. The predicted octanol–water partition coefficient (Wildman–Crippen LogP) is -4.42. The summed E-state index contributed by atoms with van der Waals surface area (Å²) in [4.78, 5) is 11.6. The molecule has 3 fully saturated rings. The molecule has 0 aromatic rings. The Morgan fingerprint density at radius 3 is 2.28 bits per heavy atom. The molecule has 13 heteroatoms. The number of nitrogens with one attached hydrogen (secondary N) is 1. The summed E-state index contributed by atoms with van der Waals surface area (Å²) in [6.07, 6.45) is -8.29. The van der Waals surface area contributed by atoms with Gasteiger partial charge < -0.3 is 61.9 Å². The lowest BCUT2D eigenvalue weighted by Crippen LogP contribution is -2.66. The number of carbonyl (C=O) groups is 1. The molecule has 32 heavy (non-hydrogen) atoms. The number of amides is 1. The third-order valence-electron chi connectivity index (χ3n) is 6.25. The van der Waals surface area contributed by atoms with Crippen molar-refractivity contribution in [1.29, 1.82) is 0 Å². The van der Waals surface area contributed by atoms with Gasteiger partial charge in [-0.15, -0.1) is 0 Å². The molecule has 0 bridgehead atoms. The molecule has 0 aromatic carbocycles. The predicted molar refractivity (Wildman–Crippen MR) is 109 cm³/mol. The highest BCUT2D eigenvalue weighted by Gasteiger charge is 2.51. The van der Waals surface area contributed by atoms with Crippen molar-refractivity contribution in [3.8, 4) is 0 Å². The minimum atomic E-state index is -1.48. The molecular weight excluding hydrogens is 428 g/mol. The first-order valence-corrected chi connectivity index (χ1v) is 10.9. The van der Waals surface area contributed by atoms with Crippen LogP contribution in [0.1, 0.15) is 26.2 Å². The highest BCUT2D eigenvalue weighted by molar-refractivity contribution is 5.73. The molecule has 2 aliphatic heterocycles. The molecule has 1 aliphatic carbocycles. The van der Waals surface area contributed by atoms with E-state index in [2.05, 4.69) is 5.32 Å². The molecule has 3 rings (SSSR count). The van der Waals surface area contributed by atoms with Crippen molar-refractivity contribution in [1.82, 2.24) is 5.32 Å². The van der Waals surface area contributed by atoms with Crippen molar-refractivity contribution >= 4 is 5.91 Å². The number of ether oxygens (including phenoxy) is 4. The van der Waals surface area contributed by atoms with Crippen LogP contribution in [0.3, 0.4) is 0 Å². The van der Waals surface area contributed by atoms with Crippen molar-refractivity contribution in [3.05, 3.63) is 0 Å². The van der Waals surface area contributed by atoms with E-state index in [1.54, 1.807) is 0 Å². The van der Waals surface area contributed by atoms with Gasteiger partial charge in [-0.1, -0.05) is 0 Å². The van der Waals surface area contributed by atoms with E-state index in [1.165, 1.54) is 6.92 Å². The summed E-state index contributed by atoms with van der Waals surface area (Å²) in [6, 6.07) is -1.90. The van der Waals surface area contributed by atoms with Gasteiger partial charge in [-0.25, -0.2) is 0 Å². The molecule has 1 saturated carbocycles. The first-order valence-electron chi connectivity index (χ1n) is 10.9. The Balaban J connectivity index is 1.80. The Bertz CT molecular complexity index is 632. The van der Waals surface area contributed by atoms with E-state index < -0.39 is 73.9 Å². The lowest BCUT2D eigenvalue weighted by Gasteiger charge is -2.46. The fourth-order valence-electron chi connectivity index (χ4n) is 4.44. The van der Waals surface area contributed by atoms with Gasteiger partial charge in [0.1, 0.15) is 36.6 Å². The van der Waals surface area contributed by atoms with E-state index in [9.17, 15) is 25.2 Å². The minimum absolute atomic E-state index is 0.184. The smallest absolute Gasteiger partial charge is 0.217 e. The van der Waals surface area contributed by atoms with Crippen LogP contribution in [0.2, 0.25) is 0 Å². The quantitative estimate of drug-likeness (QED) is 0.179. The molecule has 186 valence electrons. The maximum Gasteiger partial charge on any atom is 0.217 e. The van der Waals surface area contributed by atoms with Gasteiger partial charge in [-0.05, 0) is 19.3 Å². The van der Waals surface area contributed by atoms with Gasteiger partial charge in [0.2, 0.25) is 5.91 Å². The first kappa shape index (κ1) is 25.6. The number of rotatable bonds is 7. The maximum absolute atomic E-state index is 11.6. The Hall–Kier alpha value is -0.970. The van der Waals surface area contributed by atoms with Crippen molar-refractivity contribution in [2.45, 2.75) is 99.6 Å². The van der Waals surface area contributed by atoms with E-state index in [1.807, 2.05) is 0 Å². The van der Waals surface area contributed by atoms with Gasteiger partial charge in [-0.2, -0.15) is 0 Å². The third-order valence-corrected chi connectivity index (χ3v) is 6.25. The van der Waals surface area contributed by atoms with E-state index in [0.29, 0.717) is 19.4 Å². The summed E-state index contributed by atoms with van der Waals surface area (Å²) in [5.74, 6) is -0.365. The summed E-state index contributed by atoms with van der Waals surface area (Å²) in [6.45, 7) is 1.06. The molecule has 13 nitrogen and oxygen atoms in total. The molecule has 11 N–H and O–H groups in total. The lowest BCUT2D eigenvalue weighted by atomic mass is 9.83. The van der Waals surface area contributed by atoms with E-state index in [4.69, 9.17) is 36.1 Å². The number of aliphatic hydroxyl groups excluding tert-OH is 4. The monoisotopic (exact) mass is 464 g/mol. The summed E-state index contributed by atoms with van der Waals surface area (Å²) < 4.78 is 23.1. The zero-order valence-corrected chi connectivity index (χ0v) is 18.0. The Kier molecular flexibility index (Phi) is 8.79. The van der Waals surface area contributed by atoms with E-state index >= 15 is 0 Å². The first-order chi connectivity index (χ1) is 15.2. The third kappa shape index (κ3) is 5.56. The largest absolute Gasteiger partial charge is 0.394 e. The van der Waals surface area contributed by atoms with Gasteiger partial charge >= 0.3 is 0 Å². The normalized spacial score (nSPS) is 47.4. The van der Waals surface area contributed by atoms with Crippen LogP contribution in [0.4, 0.5) is 0 Å². The fraction of sp³-hybridized carbons (Fsp3) is 0.947. The molecule has 1 amide bonds. The van der Waals surface area contributed by atoms with Crippen LogP contribution in [0.5, 0.6) is 0 Å². The van der Waals surface area contributed by atoms with Gasteiger partial charge in [0.15, 0.2) is 12.6 Å². The molecule has 2 saturated heterocycles. The van der Waals surface area contributed by atoms with Crippen LogP contribution in [-0.4, -0.2) is 113 Å². The molecule has 2 heterocycles. The second kappa shape index (κ2) is 11.0. The van der Waals surface area contributed by atoms with Crippen molar-refractivity contribution in [2.75, 3.05) is 13.2 Å². The summed E-state index contributed by atoms with van der Waals surface area (Å²) in [5.41, 5.74) is 18.2. The van der Waals surface area contributed by atoms with Crippen LogP contribution in [0, 0.1) is 0 Å². The Labute approximate surface area is 186 Å². The number of hydrogen-bond acceptors (Lipinski definition) is 12. The van der Waals surface area contributed by atoms with Crippen molar-refractivity contribution in [2.24, 2.45) is 17.2 Å². The van der Waals surface area contributed by atoms with Crippen LogP contribution >= 0.6 is 0 Å². The zero-order chi connectivity index (χ0) is 23.6. The zero-order valence-electron chi connectivity index (χ0n) is 18.0. The highest BCUT2D eigenvalue weighted by Crippen LogP contribution is 2.32.